The number of nitrogen functional groups attached to an aromatic ring is 1. The Bertz CT molecular complexity index is 634. The van der Waals surface area contributed by atoms with Gasteiger partial charge in [0.15, 0.2) is 0 Å². The van der Waals surface area contributed by atoms with Crippen LogP contribution in [0.3, 0.4) is 0 Å². The van der Waals surface area contributed by atoms with Gasteiger partial charge in [0.25, 0.3) is 0 Å². The summed E-state index contributed by atoms with van der Waals surface area (Å²) in [6, 6.07) is 1.33. The van der Waals surface area contributed by atoms with Gasteiger partial charge in [-0.2, -0.15) is 0 Å². The summed E-state index contributed by atoms with van der Waals surface area (Å²) in [5.41, 5.74) is 6.42. The summed E-state index contributed by atoms with van der Waals surface area (Å²) in [5.74, 6) is -0.903. The van der Waals surface area contributed by atoms with Crippen LogP contribution in [0.25, 0.3) is 0 Å². The van der Waals surface area contributed by atoms with Crippen molar-refractivity contribution in [1.29, 1.82) is 0 Å². The van der Waals surface area contributed by atoms with Crippen LogP contribution in [0, 0.1) is 0 Å². The number of carboxylic acids is 1. The SMILES string of the molecule is Nc1cnc(NCc2csc(=O)[nH]2)c(C(=O)O)c1. The number of aromatic amines is 1. The van der Waals surface area contributed by atoms with E-state index in [0.717, 1.165) is 11.3 Å². The molecule has 0 radical (unpaired) electrons. The van der Waals surface area contributed by atoms with E-state index in [2.05, 4.69) is 15.3 Å². The van der Waals surface area contributed by atoms with Gasteiger partial charge in [-0.3, -0.25) is 4.79 Å². The highest BCUT2D eigenvalue weighted by atomic mass is 32.1. The van der Waals surface area contributed by atoms with E-state index in [4.69, 9.17) is 10.8 Å². The molecule has 8 heteroatoms. The molecule has 2 heterocycles. The number of aromatic nitrogens is 2. The van der Waals surface area contributed by atoms with Crippen LogP contribution in [0.4, 0.5) is 11.5 Å². The Morgan fingerprint density at radius 3 is 3.00 bits per heavy atom. The minimum atomic E-state index is -1.11. The molecule has 2 rings (SSSR count). The van der Waals surface area contributed by atoms with Crippen molar-refractivity contribution in [3.8, 4) is 0 Å². The number of anilines is 2. The number of nitrogens with two attached hydrogens (primary N) is 1. The van der Waals surface area contributed by atoms with Gasteiger partial charge < -0.3 is 21.1 Å². The van der Waals surface area contributed by atoms with Gasteiger partial charge in [0.1, 0.15) is 11.4 Å². The number of hydrogen-bond donors (Lipinski definition) is 4. The Hall–Kier alpha value is -2.35. The highest BCUT2D eigenvalue weighted by Gasteiger charge is 2.11. The topological polar surface area (TPSA) is 121 Å². The number of carbonyl (C=O) groups is 1. The molecular formula is C10H10N4O3S. The highest BCUT2D eigenvalue weighted by molar-refractivity contribution is 7.07. The van der Waals surface area contributed by atoms with E-state index in [0.29, 0.717) is 5.69 Å². The second-order valence-corrected chi connectivity index (χ2v) is 4.34. The third kappa shape index (κ3) is 2.66. The largest absolute Gasteiger partial charge is 0.478 e. The number of thiazole rings is 1. The quantitative estimate of drug-likeness (QED) is 0.647. The fourth-order valence-corrected chi connectivity index (χ4v) is 1.95. The lowest BCUT2D eigenvalue weighted by atomic mass is 10.2. The van der Waals surface area contributed by atoms with Crippen molar-refractivity contribution in [1.82, 2.24) is 9.97 Å². The first-order chi connectivity index (χ1) is 8.56. The van der Waals surface area contributed by atoms with Gasteiger partial charge in [-0.1, -0.05) is 11.3 Å². The Labute approximate surface area is 105 Å². The second kappa shape index (κ2) is 4.88. The maximum atomic E-state index is 11.0. The van der Waals surface area contributed by atoms with Crippen molar-refractivity contribution in [3.63, 3.8) is 0 Å². The van der Waals surface area contributed by atoms with Crippen LogP contribution in [0.2, 0.25) is 0 Å². The minimum absolute atomic E-state index is 0.00687. The van der Waals surface area contributed by atoms with Crippen LogP contribution in [0.15, 0.2) is 22.4 Å². The Morgan fingerprint density at radius 1 is 1.61 bits per heavy atom. The van der Waals surface area contributed by atoms with E-state index in [-0.39, 0.29) is 28.5 Å². The molecule has 0 saturated heterocycles. The summed E-state index contributed by atoms with van der Waals surface area (Å²) >= 11 is 1.04. The second-order valence-electron chi connectivity index (χ2n) is 3.50. The van der Waals surface area contributed by atoms with Gasteiger partial charge in [0.2, 0.25) is 0 Å². The Kier molecular flexibility index (Phi) is 3.28. The molecule has 2 aromatic rings. The summed E-state index contributed by atoms with van der Waals surface area (Å²) in [7, 11) is 0. The summed E-state index contributed by atoms with van der Waals surface area (Å²) in [6.07, 6.45) is 1.37. The lowest BCUT2D eigenvalue weighted by molar-refractivity contribution is 0.0697. The number of carboxylic acid groups (broad SMARTS) is 1. The fraction of sp³-hybridized carbons (Fsp3) is 0.100. The number of nitrogens with zero attached hydrogens (tertiary/aromatic N) is 1. The van der Waals surface area contributed by atoms with Crippen molar-refractivity contribution >= 4 is 28.8 Å². The molecule has 0 amide bonds. The van der Waals surface area contributed by atoms with Crippen molar-refractivity contribution in [2.75, 3.05) is 11.1 Å². The van der Waals surface area contributed by atoms with E-state index in [1.54, 1.807) is 5.38 Å². The van der Waals surface area contributed by atoms with Gasteiger partial charge in [-0.25, -0.2) is 9.78 Å². The highest BCUT2D eigenvalue weighted by Crippen LogP contribution is 2.16. The van der Waals surface area contributed by atoms with Crippen molar-refractivity contribution in [3.05, 3.63) is 38.6 Å². The Morgan fingerprint density at radius 2 is 2.39 bits per heavy atom. The molecule has 0 bridgehead atoms. The zero-order valence-corrected chi connectivity index (χ0v) is 9.95. The molecule has 0 unspecified atom stereocenters. The lowest BCUT2D eigenvalue weighted by Crippen LogP contribution is -2.10. The van der Waals surface area contributed by atoms with E-state index in [9.17, 15) is 9.59 Å². The van der Waals surface area contributed by atoms with E-state index < -0.39 is 5.97 Å². The smallest absolute Gasteiger partial charge is 0.339 e. The summed E-state index contributed by atoms with van der Waals surface area (Å²) < 4.78 is 0. The lowest BCUT2D eigenvalue weighted by Gasteiger charge is -2.07. The first kappa shape index (κ1) is 12.1. The predicted octanol–water partition coefficient (Wildman–Crippen LogP) is 0.724. The molecule has 0 aromatic carbocycles. The molecule has 0 aliphatic heterocycles. The fourth-order valence-electron chi connectivity index (χ4n) is 1.36. The third-order valence-electron chi connectivity index (χ3n) is 2.16. The number of pyridine rings is 1. The maximum absolute atomic E-state index is 11.0. The van der Waals surface area contributed by atoms with Crippen LogP contribution in [0.5, 0.6) is 0 Å². The molecule has 0 saturated carbocycles. The van der Waals surface area contributed by atoms with Crippen molar-refractivity contribution in [2.45, 2.75) is 6.54 Å². The normalized spacial score (nSPS) is 10.2. The number of aromatic carboxylic acids is 1. The molecule has 18 heavy (non-hydrogen) atoms. The average Bonchev–Trinajstić information content (AvgIpc) is 2.73. The third-order valence-corrected chi connectivity index (χ3v) is 2.87. The Balaban J connectivity index is 2.18. The first-order valence-corrected chi connectivity index (χ1v) is 5.83. The van der Waals surface area contributed by atoms with Crippen LogP contribution < -0.4 is 15.9 Å². The van der Waals surface area contributed by atoms with Crippen LogP contribution >= 0.6 is 11.3 Å². The van der Waals surface area contributed by atoms with Gasteiger partial charge in [-0.05, 0) is 6.07 Å². The van der Waals surface area contributed by atoms with Crippen molar-refractivity contribution in [2.24, 2.45) is 0 Å². The average molecular weight is 266 g/mol. The molecule has 0 aliphatic carbocycles. The number of H-pyrrole nitrogens is 1. The molecule has 7 nitrogen and oxygen atoms in total. The van der Waals surface area contributed by atoms with Gasteiger partial charge in [0.05, 0.1) is 18.4 Å². The first-order valence-electron chi connectivity index (χ1n) is 4.95. The standard InChI is InChI=1S/C10H10N4O3S/c11-5-1-7(9(15)16)8(12-2-5)13-3-6-4-18-10(17)14-6/h1-2,4H,3,11H2,(H,12,13)(H,14,17)(H,15,16). The zero-order valence-electron chi connectivity index (χ0n) is 9.14. The minimum Gasteiger partial charge on any atom is -0.478 e. The summed E-state index contributed by atoms with van der Waals surface area (Å²) in [5, 5.41) is 13.5. The van der Waals surface area contributed by atoms with Gasteiger partial charge in [-0.15, -0.1) is 0 Å². The van der Waals surface area contributed by atoms with Crippen LogP contribution in [-0.2, 0) is 6.54 Å². The predicted molar refractivity (Wildman–Crippen MR) is 67.9 cm³/mol. The van der Waals surface area contributed by atoms with Gasteiger partial charge in [0, 0.05) is 11.1 Å². The molecule has 0 aliphatic rings. The number of nitrogens with one attached hydrogen (secondary N) is 2. The monoisotopic (exact) mass is 266 g/mol. The van der Waals surface area contributed by atoms with Gasteiger partial charge >= 0.3 is 10.8 Å². The van der Waals surface area contributed by atoms with Crippen molar-refractivity contribution < 1.29 is 9.90 Å². The molecular weight excluding hydrogens is 256 g/mol. The molecule has 2 aromatic heterocycles. The zero-order chi connectivity index (χ0) is 13.1. The molecule has 94 valence electrons. The van der Waals surface area contributed by atoms with E-state index >= 15 is 0 Å². The number of rotatable bonds is 4. The van der Waals surface area contributed by atoms with Crippen LogP contribution in [0.1, 0.15) is 16.1 Å². The molecule has 5 N–H and O–H groups in total. The van der Waals surface area contributed by atoms with E-state index in [1.165, 1.54) is 12.3 Å². The molecule has 0 spiro atoms. The molecule has 0 atom stereocenters. The molecule has 0 fully saturated rings. The van der Waals surface area contributed by atoms with Crippen LogP contribution in [-0.4, -0.2) is 21.0 Å². The summed E-state index contributed by atoms with van der Waals surface area (Å²) in [6.45, 7) is 0.288. The van der Waals surface area contributed by atoms with E-state index in [1.807, 2.05) is 0 Å². The number of hydrogen-bond acceptors (Lipinski definition) is 6. The maximum Gasteiger partial charge on any atom is 0.339 e. The summed E-state index contributed by atoms with van der Waals surface area (Å²) in [4.78, 5) is 28.3.